The molecule has 1 rings (SSSR count). The van der Waals surface area contributed by atoms with Crippen molar-refractivity contribution in [3.63, 3.8) is 0 Å². The van der Waals surface area contributed by atoms with Gasteiger partial charge in [0.25, 0.3) is 0 Å². The molecule has 0 fully saturated rings. The zero-order valence-electron chi connectivity index (χ0n) is 11.1. The number of sulfonamides is 1. The molecule has 0 atom stereocenters. The summed E-state index contributed by atoms with van der Waals surface area (Å²) in [5.74, 6) is -5.11. The number of hydrogen-bond acceptors (Lipinski definition) is 3. The molecule has 0 aliphatic heterocycles. The number of hydrogen-bond donors (Lipinski definition) is 2. The molecular formula is C12H16F3NO3S. The van der Waals surface area contributed by atoms with Crippen LogP contribution in [0.25, 0.3) is 0 Å². The monoisotopic (exact) mass is 311 g/mol. The minimum atomic E-state index is -4.38. The second-order valence-corrected chi connectivity index (χ2v) is 6.16. The highest BCUT2D eigenvalue weighted by atomic mass is 32.2. The molecule has 0 heterocycles. The predicted molar refractivity (Wildman–Crippen MR) is 67.0 cm³/mol. The molecule has 0 aliphatic rings. The molecule has 0 amide bonds. The van der Waals surface area contributed by atoms with Crippen LogP contribution in [-0.4, -0.2) is 25.7 Å². The fraction of sp³-hybridized carbons (Fsp3) is 0.500. The van der Waals surface area contributed by atoms with Gasteiger partial charge in [0.2, 0.25) is 10.0 Å². The lowest BCUT2D eigenvalue weighted by Crippen LogP contribution is -2.42. The fourth-order valence-corrected chi connectivity index (χ4v) is 2.71. The Balaban J connectivity index is 3.04. The van der Waals surface area contributed by atoms with Crippen LogP contribution >= 0.6 is 0 Å². The fourth-order valence-electron chi connectivity index (χ4n) is 1.52. The molecule has 0 spiro atoms. The Morgan fingerprint density at radius 3 is 2.20 bits per heavy atom. The van der Waals surface area contributed by atoms with Crippen molar-refractivity contribution >= 4 is 10.0 Å². The molecular weight excluding hydrogens is 295 g/mol. The molecule has 0 bridgehead atoms. The van der Waals surface area contributed by atoms with Crippen molar-refractivity contribution in [1.82, 2.24) is 4.72 Å². The molecule has 4 nitrogen and oxygen atoms in total. The Kier molecular flexibility index (Phi) is 5.17. The number of aliphatic hydroxyl groups is 1. The summed E-state index contributed by atoms with van der Waals surface area (Å²) in [5.41, 5.74) is -1.28. The minimum Gasteiger partial charge on any atom is -0.389 e. The molecule has 114 valence electrons. The van der Waals surface area contributed by atoms with Crippen LogP contribution in [0.2, 0.25) is 0 Å². The summed E-state index contributed by atoms with van der Waals surface area (Å²) >= 11 is 0. The van der Waals surface area contributed by atoms with E-state index in [1.807, 2.05) is 4.72 Å². The maximum atomic E-state index is 13.4. The standard InChI is InChI=1S/C12H16F3NO3S/c1-3-12(17,4-2)7-16-20(18,19)9-6-5-8(13)10(14)11(9)15/h5-6,16-17H,3-4,7H2,1-2H3. The first kappa shape index (κ1) is 16.9. The van der Waals surface area contributed by atoms with Gasteiger partial charge in [-0.1, -0.05) is 13.8 Å². The molecule has 8 heteroatoms. The van der Waals surface area contributed by atoms with Gasteiger partial charge in [0, 0.05) is 6.54 Å². The minimum absolute atomic E-state index is 0.284. The van der Waals surface area contributed by atoms with E-state index in [0.29, 0.717) is 12.1 Å². The van der Waals surface area contributed by atoms with E-state index in [-0.39, 0.29) is 19.4 Å². The van der Waals surface area contributed by atoms with Crippen LogP contribution in [0.4, 0.5) is 13.2 Å². The van der Waals surface area contributed by atoms with Gasteiger partial charge in [0.1, 0.15) is 4.90 Å². The van der Waals surface area contributed by atoms with E-state index >= 15 is 0 Å². The van der Waals surface area contributed by atoms with E-state index in [9.17, 15) is 26.7 Å². The zero-order chi connectivity index (χ0) is 15.6. The highest BCUT2D eigenvalue weighted by Crippen LogP contribution is 2.20. The molecule has 0 unspecified atom stereocenters. The number of benzene rings is 1. The van der Waals surface area contributed by atoms with Crippen molar-refractivity contribution < 1.29 is 26.7 Å². The number of nitrogens with one attached hydrogen (secondary N) is 1. The van der Waals surface area contributed by atoms with Gasteiger partial charge in [-0.15, -0.1) is 0 Å². The third-order valence-corrected chi connectivity index (χ3v) is 4.62. The van der Waals surface area contributed by atoms with Crippen LogP contribution < -0.4 is 4.72 Å². The van der Waals surface area contributed by atoms with Gasteiger partial charge >= 0.3 is 0 Å². The largest absolute Gasteiger partial charge is 0.389 e. The average molecular weight is 311 g/mol. The molecule has 0 radical (unpaired) electrons. The van der Waals surface area contributed by atoms with Crippen molar-refractivity contribution in [2.45, 2.75) is 37.2 Å². The van der Waals surface area contributed by atoms with Crippen molar-refractivity contribution in [1.29, 1.82) is 0 Å². The van der Waals surface area contributed by atoms with Gasteiger partial charge < -0.3 is 5.11 Å². The quantitative estimate of drug-likeness (QED) is 0.789. The SMILES string of the molecule is CCC(O)(CC)CNS(=O)(=O)c1ccc(F)c(F)c1F. The zero-order valence-corrected chi connectivity index (χ0v) is 11.9. The van der Waals surface area contributed by atoms with Crippen LogP contribution in [0.15, 0.2) is 17.0 Å². The van der Waals surface area contributed by atoms with Crippen LogP contribution in [0.1, 0.15) is 26.7 Å². The summed E-state index contributed by atoms with van der Waals surface area (Å²) < 4.78 is 64.9. The van der Waals surface area contributed by atoms with Crippen LogP contribution in [0.5, 0.6) is 0 Å². The number of rotatable bonds is 6. The molecule has 20 heavy (non-hydrogen) atoms. The maximum absolute atomic E-state index is 13.4. The molecule has 2 N–H and O–H groups in total. The summed E-state index contributed by atoms with van der Waals surface area (Å²) in [6.45, 7) is 2.98. The third-order valence-electron chi connectivity index (χ3n) is 3.20. The van der Waals surface area contributed by atoms with Gasteiger partial charge in [0.05, 0.1) is 5.60 Å². The topological polar surface area (TPSA) is 66.4 Å². The Bertz CT molecular complexity index is 586. The molecule has 0 aliphatic carbocycles. The van der Waals surface area contributed by atoms with Gasteiger partial charge in [-0.2, -0.15) is 0 Å². The Labute approximate surface area is 115 Å². The average Bonchev–Trinajstić information content (AvgIpc) is 2.42. The van der Waals surface area contributed by atoms with Crippen molar-refractivity contribution in [3.8, 4) is 0 Å². The van der Waals surface area contributed by atoms with E-state index in [1.165, 1.54) is 0 Å². The van der Waals surface area contributed by atoms with Crippen molar-refractivity contribution in [2.75, 3.05) is 6.54 Å². The Hall–Kier alpha value is -1.12. The lowest BCUT2D eigenvalue weighted by Gasteiger charge is -2.25. The normalized spacial score (nSPS) is 12.7. The lowest BCUT2D eigenvalue weighted by molar-refractivity contribution is 0.0377. The van der Waals surface area contributed by atoms with E-state index in [0.717, 1.165) is 0 Å². The molecule has 0 aromatic heterocycles. The first-order chi connectivity index (χ1) is 9.17. The Morgan fingerprint density at radius 2 is 1.70 bits per heavy atom. The smallest absolute Gasteiger partial charge is 0.243 e. The van der Waals surface area contributed by atoms with Crippen LogP contribution in [0, 0.1) is 17.5 Å². The highest BCUT2D eigenvalue weighted by molar-refractivity contribution is 7.89. The first-order valence-electron chi connectivity index (χ1n) is 6.02. The van der Waals surface area contributed by atoms with Gasteiger partial charge in [-0.25, -0.2) is 26.3 Å². The summed E-state index contributed by atoms with van der Waals surface area (Å²) in [5, 5.41) is 9.95. The van der Waals surface area contributed by atoms with E-state index < -0.39 is 38.0 Å². The summed E-state index contributed by atoms with van der Waals surface area (Å²) in [7, 11) is -4.38. The van der Waals surface area contributed by atoms with Crippen molar-refractivity contribution in [2.24, 2.45) is 0 Å². The summed E-state index contributed by atoms with van der Waals surface area (Å²) in [6.07, 6.45) is 0.568. The van der Waals surface area contributed by atoms with Crippen LogP contribution in [0.3, 0.4) is 0 Å². The lowest BCUT2D eigenvalue weighted by atomic mass is 9.98. The second kappa shape index (κ2) is 6.11. The highest BCUT2D eigenvalue weighted by Gasteiger charge is 2.28. The number of halogens is 3. The van der Waals surface area contributed by atoms with Gasteiger partial charge in [-0.05, 0) is 25.0 Å². The molecule has 1 aromatic carbocycles. The second-order valence-electron chi connectivity index (χ2n) is 4.43. The molecule has 1 aromatic rings. The molecule has 0 saturated heterocycles. The van der Waals surface area contributed by atoms with Gasteiger partial charge in [-0.3, -0.25) is 0 Å². The third kappa shape index (κ3) is 3.50. The maximum Gasteiger partial charge on any atom is 0.243 e. The first-order valence-corrected chi connectivity index (χ1v) is 7.50. The predicted octanol–water partition coefficient (Wildman–Crippen LogP) is 1.93. The van der Waals surface area contributed by atoms with Gasteiger partial charge in [0.15, 0.2) is 17.5 Å². The Morgan fingerprint density at radius 1 is 1.15 bits per heavy atom. The van der Waals surface area contributed by atoms with E-state index in [4.69, 9.17) is 0 Å². The van der Waals surface area contributed by atoms with E-state index in [1.54, 1.807) is 13.8 Å². The summed E-state index contributed by atoms with van der Waals surface area (Å²) in [4.78, 5) is -0.994. The van der Waals surface area contributed by atoms with E-state index in [2.05, 4.69) is 0 Å². The summed E-state index contributed by atoms with van der Waals surface area (Å²) in [6, 6.07) is 1.16. The van der Waals surface area contributed by atoms with Crippen LogP contribution in [-0.2, 0) is 10.0 Å². The van der Waals surface area contributed by atoms with Crippen molar-refractivity contribution in [3.05, 3.63) is 29.6 Å². The molecule has 0 saturated carbocycles.